The van der Waals surface area contributed by atoms with Gasteiger partial charge in [0, 0.05) is 17.9 Å². The van der Waals surface area contributed by atoms with E-state index in [-0.39, 0.29) is 5.91 Å². The standard InChI is InChI=1S/C18H18N2O2S/c1-22-17-5-3-2-4-16(17)11-20-18(21)13-23-12-15-8-6-14(10-19)7-9-15/h2-9H,11-13H2,1H3,(H,20,21). The number of para-hydroxylation sites is 1. The third-order valence-electron chi connectivity index (χ3n) is 3.25. The number of carbonyl (C=O) groups is 1. The minimum atomic E-state index is -0.00505. The van der Waals surface area contributed by atoms with Crippen LogP contribution in [-0.2, 0) is 17.1 Å². The van der Waals surface area contributed by atoms with Gasteiger partial charge >= 0.3 is 0 Å². The molecule has 0 radical (unpaired) electrons. The van der Waals surface area contributed by atoms with E-state index in [1.165, 1.54) is 0 Å². The first-order valence-electron chi connectivity index (χ1n) is 7.18. The summed E-state index contributed by atoms with van der Waals surface area (Å²) in [5.41, 5.74) is 2.71. The van der Waals surface area contributed by atoms with Crippen molar-refractivity contribution in [3.05, 3.63) is 65.2 Å². The van der Waals surface area contributed by atoms with Crippen molar-refractivity contribution in [2.75, 3.05) is 12.9 Å². The first-order valence-corrected chi connectivity index (χ1v) is 8.34. The zero-order valence-electron chi connectivity index (χ0n) is 12.9. The molecule has 0 spiro atoms. The first kappa shape index (κ1) is 16.9. The van der Waals surface area contributed by atoms with Crippen molar-refractivity contribution in [3.63, 3.8) is 0 Å². The number of nitriles is 1. The first-order chi connectivity index (χ1) is 11.2. The van der Waals surface area contributed by atoms with Crippen molar-refractivity contribution in [2.24, 2.45) is 0 Å². The lowest BCUT2D eigenvalue weighted by Crippen LogP contribution is -2.24. The average molecular weight is 326 g/mol. The predicted octanol–water partition coefficient (Wildman–Crippen LogP) is 3.12. The van der Waals surface area contributed by atoms with Crippen molar-refractivity contribution in [3.8, 4) is 11.8 Å². The molecule has 0 aliphatic carbocycles. The van der Waals surface area contributed by atoms with Crippen LogP contribution in [-0.4, -0.2) is 18.8 Å². The summed E-state index contributed by atoms with van der Waals surface area (Å²) in [7, 11) is 1.62. The lowest BCUT2D eigenvalue weighted by atomic mass is 10.2. The van der Waals surface area contributed by atoms with Gasteiger partial charge in [0.15, 0.2) is 0 Å². The number of hydrogen-bond acceptors (Lipinski definition) is 4. The number of thioether (sulfide) groups is 1. The molecule has 0 heterocycles. The van der Waals surface area contributed by atoms with Crippen LogP contribution in [0, 0.1) is 11.3 Å². The smallest absolute Gasteiger partial charge is 0.230 e. The summed E-state index contributed by atoms with van der Waals surface area (Å²) in [6, 6.07) is 17.1. The minimum Gasteiger partial charge on any atom is -0.496 e. The zero-order chi connectivity index (χ0) is 16.5. The molecule has 0 saturated heterocycles. The molecule has 0 unspecified atom stereocenters. The Morgan fingerprint density at radius 3 is 2.65 bits per heavy atom. The molecule has 2 aromatic carbocycles. The molecular weight excluding hydrogens is 308 g/mol. The fourth-order valence-corrected chi connectivity index (χ4v) is 2.85. The summed E-state index contributed by atoms with van der Waals surface area (Å²) in [6.45, 7) is 0.459. The number of nitrogens with one attached hydrogen (secondary N) is 1. The van der Waals surface area contributed by atoms with Crippen LogP contribution in [0.2, 0.25) is 0 Å². The number of rotatable bonds is 7. The number of nitrogens with zero attached hydrogens (tertiary/aromatic N) is 1. The number of carbonyl (C=O) groups excluding carboxylic acids is 1. The normalized spacial score (nSPS) is 9.91. The second kappa shape index (κ2) is 8.86. The highest BCUT2D eigenvalue weighted by Gasteiger charge is 2.05. The van der Waals surface area contributed by atoms with E-state index in [4.69, 9.17) is 10.00 Å². The fraction of sp³-hybridized carbons (Fsp3) is 0.222. The molecule has 0 fully saturated rings. The molecule has 0 aromatic heterocycles. The Bertz CT molecular complexity index is 693. The molecule has 0 atom stereocenters. The molecule has 0 saturated carbocycles. The Hall–Kier alpha value is -2.45. The lowest BCUT2D eigenvalue weighted by molar-refractivity contribution is -0.118. The average Bonchev–Trinajstić information content (AvgIpc) is 2.60. The number of ether oxygens (including phenoxy) is 1. The Balaban J connectivity index is 1.73. The molecule has 0 bridgehead atoms. The topological polar surface area (TPSA) is 62.1 Å². The van der Waals surface area contributed by atoms with Gasteiger partial charge in [-0.3, -0.25) is 4.79 Å². The van der Waals surface area contributed by atoms with Gasteiger partial charge in [-0.25, -0.2) is 0 Å². The highest BCUT2D eigenvalue weighted by atomic mass is 32.2. The highest BCUT2D eigenvalue weighted by molar-refractivity contribution is 7.99. The number of hydrogen-bond donors (Lipinski definition) is 1. The van der Waals surface area contributed by atoms with Crippen molar-refractivity contribution in [2.45, 2.75) is 12.3 Å². The molecule has 0 aliphatic rings. The molecule has 2 aromatic rings. The van der Waals surface area contributed by atoms with Gasteiger partial charge in [-0.1, -0.05) is 30.3 Å². The molecule has 1 amide bonds. The Morgan fingerprint density at radius 1 is 1.22 bits per heavy atom. The Morgan fingerprint density at radius 2 is 1.96 bits per heavy atom. The molecule has 0 aliphatic heterocycles. The highest BCUT2D eigenvalue weighted by Crippen LogP contribution is 2.17. The second-order valence-electron chi connectivity index (χ2n) is 4.89. The minimum absolute atomic E-state index is 0.00505. The van der Waals surface area contributed by atoms with Crippen LogP contribution in [0.3, 0.4) is 0 Å². The van der Waals surface area contributed by atoms with Gasteiger partial charge in [-0.2, -0.15) is 5.26 Å². The van der Waals surface area contributed by atoms with Gasteiger partial charge < -0.3 is 10.1 Å². The van der Waals surface area contributed by atoms with Gasteiger partial charge in [0.2, 0.25) is 5.91 Å². The van der Waals surface area contributed by atoms with Gasteiger partial charge in [-0.15, -0.1) is 11.8 Å². The molecule has 2 rings (SSSR count). The maximum Gasteiger partial charge on any atom is 0.230 e. The largest absolute Gasteiger partial charge is 0.496 e. The molecule has 23 heavy (non-hydrogen) atoms. The lowest BCUT2D eigenvalue weighted by Gasteiger charge is -2.09. The van der Waals surface area contributed by atoms with Gasteiger partial charge in [0.1, 0.15) is 5.75 Å². The van der Waals surface area contributed by atoms with Gasteiger partial charge in [-0.05, 0) is 23.8 Å². The van der Waals surface area contributed by atoms with E-state index >= 15 is 0 Å². The Labute approximate surface area is 140 Å². The molecule has 5 heteroatoms. The molecular formula is C18H18N2O2S. The van der Waals surface area contributed by atoms with Crippen LogP contribution in [0.25, 0.3) is 0 Å². The van der Waals surface area contributed by atoms with Crippen LogP contribution >= 0.6 is 11.8 Å². The summed E-state index contributed by atoms with van der Waals surface area (Å²) < 4.78 is 5.26. The van der Waals surface area contributed by atoms with Crippen LogP contribution in [0.15, 0.2) is 48.5 Å². The van der Waals surface area contributed by atoms with E-state index in [0.29, 0.717) is 17.9 Å². The van der Waals surface area contributed by atoms with E-state index < -0.39 is 0 Å². The number of benzene rings is 2. The summed E-state index contributed by atoms with van der Waals surface area (Å²) in [5.74, 6) is 1.91. The third kappa shape index (κ3) is 5.35. The Kier molecular flexibility index (Phi) is 6.52. The van der Waals surface area contributed by atoms with E-state index in [2.05, 4.69) is 11.4 Å². The number of methoxy groups -OCH3 is 1. The fourth-order valence-electron chi connectivity index (χ4n) is 2.03. The van der Waals surface area contributed by atoms with Crippen molar-refractivity contribution < 1.29 is 9.53 Å². The van der Waals surface area contributed by atoms with Gasteiger partial charge in [0.25, 0.3) is 0 Å². The van der Waals surface area contributed by atoms with E-state index in [0.717, 1.165) is 22.6 Å². The van der Waals surface area contributed by atoms with Crippen LogP contribution in [0.1, 0.15) is 16.7 Å². The maximum atomic E-state index is 11.9. The third-order valence-corrected chi connectivity index (χ3v) is 4.26. The second-order valence-corrected chi connectivity index (χ2v) is 5.88. The van der Waals surface area contributed by atoms with Gasteiger partial charge in [0.05, 0.1) is 24.5 Å². The molecule has 1 N–H and O–H groups in total. The maximum absolute atomic E-state index is 11.9. The van der Waals surface area contributed by atoms with Crippen LogP contribution in [0.5, 0.6) is 5.75 Å². The summed E-state index contributed by atoms with van der Waals surface area (Å²) in [5, 5.41) is 11.6. The van der Waals surface area contributed by atoms with Crippen LogP contribution < -0.4 is 10.1 Å². The summed E-state index contributed by atoms with van der Waals surface area (Å²) in [4.78, 5) is 11.9. The zero-order valence-corrected chi connectivity index (χ0v) is 13.7. The monoisotopic (exact) mass is 326 g/mol. The van der Waals surface area contributed by atoms with E-state index in [1.807, 2.05) is 36.4 Å². The number of amides is 1. The molecule has 4 nitrogen and oxygen atoms in total. The summed E-state index contributed by atoms with van der Waals surface area (Å²) in [6.07, 6.45) is 0. The summed E-state index contributed by atoms with van der Waals surface area (Å²) >= 11 is 1.55. The van der Waals surface area contributed by atoms with E-state index in [1.54, 1.807) is 31.0 Å². The SMILES string of the molecule is COc1ccccc1CNC(=O)CSCc1ccc(C#N)cc1. The van der Waals surface area contributed by atoms with Crippen molar-refractivity contribution >= 4 is 17.7 Å². The quantitative estimate of drug-likeness (QED) is 0.849. The van der Waals surface area contributed by atoms with E-state index in [9.17, 15) is 4.79 Å². The van der Waals surface area contributed by atoms with Crippen molar-refractivity contribution in [1.82, 2.24) is 5.32 Å². The molecule has 118 valence electrons. The predicted molar refractivity (Wildman–Crippen MR) is 92.2 cm³/mol. The van der Waals surface area contributed by atoms with Crippen LogP contribution in [0.4, 0.5) is 0 Å². The van der Waals surface area contributed by atoms with Crippen molar-refractivity contribution in [1.29, 1.82) is 5.26 Å².